The van der Waals surface area contributed by atoms with Gasteiger partial charge in [0.05, 0.1) is 18.3 Å². The Morgan fingerprint density at radius 2 is 1.61 bits per heavy atom. The van der Waals surface area contributed by atoms with Crippen LogP contribution < -0.4 is 4.74 Å². The fourth-order valence-electron chi connectivity index (χ4n) is 3.18. The molecule has 0 saturated heterocycles. The minimum atomic E-state index is -0.732. The zero-order chi connectivity index (χ0) is 19.5. The van der Waals surface area contributed by atoms with Crippen LogP contribution in [0.3, 0.4) is 0 Å². The molecule has 138 valence electrons. The van der Waals surface area contributed by atoms with E-state index < -0.39 is 6.16 Å². The van der Waals surface area contributed by atoms with Crippen molar-refractivity contribution in [2.45, 2.75) is 6.92 Å². The summed E-state index contributed by atoms with van der Waals surface area (Å²) in [5.41, 5.74) is 6.20. The summed E-state index contributed by atoms with van der Waals surface area (Å²) in [6.07, 6.45) is -0.732. The number of carbonyl (C=O) groups is 1. The first-order chi connectivity index (χ1) is 13.6. The summed E-state index contributed by atoms with van der Waals surface area (Å²) in [6.45, 7) is 2.07. The van der Waals surface area contributed by atoms with Crippen molar-refractivity contribution in [3.05, 3.63) is 84.4 Å². The molecule has 4 rings (SSSR count). The standard InChI is InChI=1S/C24H19NO3/c1-16-8-13-22-21(14-16)20(15-23(25-22)18-6-4-3-5-7-18)17-9-11-19(12-10-17)28-24(26)27-2/h3-15H,1-2H3. The highest BCUT2D eigenvalue weighted by Crippen LogP contribution is 2.33. The molecule has 4 aromatic rings. The summed E-state index contributed by atoms with van der Waals surface area (Å²) < 4.78 is 9.62. The molecule has 0 bridgehead atoms. The summed E-state index contributed by atoms with van der Waals surface area (Å²) >= 11 is 0. The van der Waals surface area contributed by atoms with E-state index in [1.807, 2.05) is 30.3 Å². The number of carbonyl (C=O) groups excluding carboxylic acids is 1. The van der Waals surface area contributed by atoms with Crippen molar-refractivity contribution in [3.8, 4) is 28.1 Å². The number of hydrogen-bond acceptors (Lipinski definition) is 4. The second-order valence-corrected chi connectivity index (χ2v) is 6.52. The number of rotatable bonds is 3. The molecule has 4 heteroatoms. The maximum atomic E-state index is 11.3. The van der Waals surface area contributed by atoms with Crippen molar-refractivity contribution in [3.63, 3.8) is 0 Å². The smallest absolute Gasteiger partial charge is 0.437 e. The zero-order valence-electron chi connectivity index (χ0n) is 15.7. The highest BCUT2D eigenvalue weighted by atomic mass is 16.7. The Hall–Kier alpha value is -3.66. The van der Waals surface area contributed by atoms with Crippen LogP contribution in [-0.2, 0) is 4.74 Å². The molecule has 0 aliphatic carbocycles. The number of hydrogen-bond donors (Lipinski definition) is 0. The molecule has 0 aliphatic rings. The third-order valence-corrected chi connectivity index (χ3v) is 4.57. The summed E-state index contributed by atoms with van der Waals surface area (Å²) in [6, 6.07) is 25.9. The quantitative estimate of drug-likeness (QED) is 0.327. The lowest BCUT2D eigenvalue weighted by Crippen LogP contribution is -2.06. The van der Waals surface area contributed by atoms with Gasteiger partial charge in [0, 0.05) is 10.9 Å². The van der Waals surface area contributed by atoms with Gasteiger partial charge >= 0.3 is 6.16 Å². The van der Waals surface area contributed by atoms with Crippen LogP contribution in [0.15, 0.2) is 78.9 Å². The Kier molecular flexibility index (Phi) is 4.77. The topological polar surface area (TPSA) is 48.4 Å². The number of aromatic nitrogens is 1. The van der Waals surface area contributed by atoms with Gasteiger partial charge < -0.3 is 9.47 Å². The molecule has 1 aromatic heterocycles. The van der Waals surface area contributed by atoms with Gasteiger partial charge in [-0.2, -0.15) is 0 Å². The van der Waals surface area contributed by atoms with Crippen LogP contribution in [0.2, 0.25) is 0 Å². The van der Waals surface area contributed by atoms with Gasteiger partial charge in [0.2, 0.25) is 0 Å². The number of nitrogens with zero attached hydrogens (tertiary/aromatic N) is 1. The molecule has 0 radical (unpaired) electrons. The molecule has 0 spiro atoms. The van der Waals surface area contributed by atoms with Crippen LogP contribution in [0.4, 0.5) is 4.79 Å². The average Bonchev–Trinajstić information content (AvgIpc) is 2.74. The maximum Gasteiger partial charge on any atom is 0.513 e. The van der Waals surface area contributed by atoms with Gasteiger partial charge in [-0.15, -0.1) is 0 Å². The Morgan fingerprint density at radius 3 is 2.32 bits per heavy atom. The Labute approximate surface area is 163 Å². The van der Waals surface area contributed by atoms with Crippen molar-refractivity contribution in [1.29, 1.82) is 0 Å². The van der Waals surface area contributed by atoms with E-state index in [2.05, 4.69) is 48.1 Å². The van der Waals surface area contributed by atoms with Crippen molar-refractivity contribution >= 4 is 17.1 Å². The normalized spacial score (nSPS) is 10.6. The molecule has 1 heterocycles. The number of methoxy groups -OCH3 is 1. The van der Waals surface area contributed by atoms with Gasteiger partial charge in [0.1, 0.15) is 5.75 Å². The first-order valence-electron chi connectivity index (χ1n) is 8.97. The van der Waals surface area contributed by atoms with E-state index in [0.29, 0.717) is 5.75 Å². The SMILES string of the molecule is COC(=O)Oc1ccc(-c2cc(-c3ccccc3)nc3ccc(C)cc23)cc1. The lowest BCUT2D eigenvalue weighted by molar-refractivity contribution is 0.121. The van der Waals surface area contributed by atoms with Crippen molar-refractivity contribution in [2.24, 2.45) is 0 Å². The zero-order valence-corrected chi connectivity index (χ0v) is 15.7. The molecule has 0 unspecified atom stereocenters. The number of aryl methyl sites for hydroxylation is 1. The third-order valence-electron chi connectivity index (χ3n) is 4.57. The van der Waals surface area contributed by atoms with Gasteiger partial charge in [0.25, 0.3) is 0 Å². The van der Waals surface area contributed by atoms with Crippen molar-refractivity contribution in [2.75, 3.05) is 7.11 Å². The largest absolute Gasteiger partial charge is 0.513 e. The van der Waals surface area contributed by atoms with Crippen molar-refractivity contribution in [1.82, 2.24) is 4.98 Å². The van der Waals surface area contributed by atoms with Crippen LogP contribution >= 0.6 is 0 Å². The fourth-order valence-corrected chi connectivity index (χ4v) is 3.18. The van der Waals surface area contributed by atoms with Crippen LogP contribution in [0.5, 0.6) is 5.75 Å². The van der Waals surface area contributed by atoms with Crippen LogP contribution in [0.1, 0.15) is 5.56 Å². The first kappa shape index (κ1) is 17.7. The Morgan fingerprint density at radius 1 is 0.857 bits per heavy atom. The van der Waals surface area contributed by atoms with Crippen molar-refractivity contribution < 1.29 is 14.3 Å². The van der Waals surface area contributed by atoms with Crippen LogP contribution in [0, 0.1) is 6.92 Å². The summed E-state index contributed by atoms with van der Waals surface area (Å²) in [5, 5.41) is 1.08. The molecule has 0 saturated carbocycles. The average molecular weight is 369 g/mol. The fraction of sp³-hybridized carbons (Fsp3) is 0.0833. The van der Waals surface area contributed by atoms with E-state index in [9.17, 15) is 4.79 Å². The molecule has 0 fully saturated rings. The number of ether oxygens (including phenoxy) is 2. The van der Waals surface area contributed by atoms with E-state index in [4.69, 9.17) is 9.72 Å². The summed E-state index contributed by atoms with van der Waals surface area (Å²) in [7, 11) is 1.28. The molecule has 28 heavy (non-hydrogen) atoms. The molecule has 0 atom stereocenters. The monoisotopic (exact) mass is 369 g/mol. The molecule has 0 N–H and O–H groups in total. The lowest BCUT2D eigenvalue weighted by atomic mass is 9.97. The molecule has 0 amide bonds. The third kappa shape index (κ3) is 3.58. The minimum Gasteiger partial charge on any atom is -0.437 e. The molecular weight excluding hydrogens is 350 g/mol. The number of fused-ring (bicyclic) bond motifs is 1. The van der Waals surface area contributed by atoms with Gasteiger partial charge in [-0.1, -0.05) is 54.1 Å². The number of pyridine rings is 1. The first-order valence-corrected chi connectivity index (χ1v) is 8.97. The van der Waals surface area contributed by atoms with Gasteiger partial charge in [-0.3, -0.25) is 0 Å². The van der Waals surface area contributed by atoms with Gasteiger partial charge in [-0.25, -0.2) is 9.78 Å². The molecular formula is C24H19NO3. The maximum absolute atomic E-state index is 11.3. The highest BCUT2D eigenvalue weighted by Gasteiger charge is 2.11. The van der Waals surface area contributed by atoms with E-state index in [1.54, 1.807) is 12.1 Å². The van der Waals surface area contributed by atoms with Gasteiger partial charge in [0.15, 0.2) is 0 Å². The highest BCUT2D eigenvalue weighted by molar-refractivity contribution is 5.97. The Balaban J connectivity index is 1.85. The molecule has 4 nitrogen and oxygen atoms in total. The minimum absolute atomic E-state index is 0.438. The summed E-state index contributed by atoms with van der Waals surface area (Å²) in [5.74, 6) is 0.438. The van der Waals surface area contributed by atoms with Crippen LogP contribution in [0.25, 0.3) is 33.3 Å². The van der Waals surface area contributed by atoms with E-state index in [0.717, 1.165) is 33.3 Å². The van der Waals surface area contributed by atoms with Gasteiger partial charge in [-0.05, 0) is 48.4 Å². The van der Waals surface area contributed by atoms with E-state index >= 15 is 0 Å². The summed E-state index contributed by atoms with van der Waals surface area (Å²) in [4.78, 5) is 16.2. The predicted molar refractivity (Wildman–Crippen MR) is 110 cm³/mol. The second kappa shape index (κ2) is 7.53. The number of benzene rings is 3. The molecule has 0 aliphatic heterocycles. The lowest BCUT2D eigenvalue weighted by Gasteiger charge is -2.12. The molecule has 3 aromatic carbocycles. The Bertz CT molecular complexity index is 1140. The second-order valence-electron chi connectivity index (χ2n) is 6.52. The van der Waals surface area contributed by atoms with E-state index in [-0.39, 0.29) is 0 Å². The predicted octanol–water partition coefficient (Wildman–Crippen LogP) is 6.02. The van der Waals surface area contributed by atoms with E-state index in [1.165, 1.54) is 12.7 Å². The van der Waals surface area contributed by atoms with Crippen LogP contribution in [-0.4, -0.2) is 18.2 Å².